The minimum absolute atomic E-state index is 0.0833. The summed E-state index contributed by atoms with van der Waals surface area (Å²) in [5, 5.41) is 2.59. The normalized spacial score (nSPS) is 10.9. The molecule has 0 unspecified atom stereocenters. The van der Waals surface area contributed by atoms with Gasteiger partial charge < -0.3 is 10.1 Å². The van der Waals surface area contributed by atoms with Crippen molar-refractivity contribution in [2.45, 2.75) is 25.7 Å². The quantitative estimate of drug-likeness (QED) is 0.734. The number of amides is 1. The Kier molecular flexibility index (Phi) is 6.57. The highest BCUT2D eigenvalue weighted by Gasteiger charge is 2.24. The van der Waals surface area contributed by atoms with Crippen molar-refractivity contribution in [3.8, 4) is 0 Å². The Morgan fingerprint density at radius 3 is 2.30 bits per heavy atom. The maximum absolute atomic E-state index is 13.0. The first-order chi connectivity index (χ1) is 12.8. The Labute approximate surface area is 159 Å². The van der Waals surface area contributed by atoms with Gasteiger partial charge >= 0.3 is 5.97 Å². The van der Waals surface area contributed by atoms with Gasteiger partial charge in [0.2, 0.25) is 5.91 Å². The highest BCUT2D eigenvalue weighted by Crippen LogP contribution is 2.25. The van der Waals surface area contributed by atoms with Crippen molar-refractivity contribution in [1.82, 2.24) is 0 Å². The molecule has 0 bridgehead atoms. The molecule has 1 N–H and O–H groups in total. The molecule has 8 heteroatoms. The second-order valence-corrected chi connectivity index (χ2v) is 7.51. The van der Waals surface area contributed by atoms with E-state index in [1.165, 1.54) is 41.6 Å². The molecule has 0 spiro atoms. The Morgan fingerprint density at radius 2 is 1.74 bits per heavy atom. The van der Waals surface area contributed by atoms with Crippen LogP contribution in [0.2, 0.25) is 0 Å². The van der Waals surface area contributed by atoms with Crippen LogP contribution in [0.25, 0.3) is 0 Å². The summed E-state index contributed by atoms with van der Waals surface area (Å²) in [6, 6.07) is 12.2. The van der Waals surface area contributed by atoms with Crippen molar-refractivity contribution in [2.24, 2.45) is 0 Å². The van der Waals surface area contributed by atoms with Gasteiger partial charge in [-0.15, -0.1) is 0 Å². The number of benzene rings is 2. The number of carbonyl (C=O) groups is 2. The third kappa shape index (κ3) is 4.85. The van der Waals surface area contributed by atoms with Crippen molar-refractivity contribution >= 4 is 33.3 Å². The van der Waals surface area contributed by atoms with E-state index in [9.17, 15) is 18.0 Å². The lowest BCUT2D eigenvalue weighted by Gasteiger charge is -2.23. The number of hydrogen-bond donors (Lipinski definition) is 1. The summed E-state index contributed by atoms with van der Waals surface area (Å²) in [6.07, 6.45) is 0. The summed E-state index contributed by atoms with van der Waals surface area (Å²) in [5.41, 5.74) is 1.16. The van der Waals surface area contributed by atoms with Gasteiger partial charge in [0.05, 0.1) is 22.8 Å². The van der Waals surface area contributed by atoms with Gasteiger partial charge in [0, 0.05) is 19.2 Å². The van der Waals surface area contributed by atoms with E-state index >= 15 is 0 Å². The lowest BCUT2D eigenvalue weighted by atomic mass is 10.2. The standard InChI is InChI=1S/C19H22N2O5S/c1-4-21(17-8-6-7-15(13-17)19(23)26-5-2)27(24,25)18-11-9-16(10-12-18)20-14(3)22/h6-13H,4-5H2,1-3H3,(H,20,22). The molecule has 0 atom stereocenters. The van der Waals surface area contributed by atoms with E-state index in [-0.39, 0.29) is 29.5 Å². The van der Waals surface area contributed by atoms with Crippen LogP contribution in [-0.2, 0) is 19.6 Å². The molecule has 0 radical (unpaired) electrons. The van der Waals surface area contributed by atoms with Crippen LogP contribution in [0.1, 0.15) is 31.1 Å². The number of anilines is 2. The van der Waals surface area contributed by atoms with Crippen LogP contribution < -0.4 is 9.62 Å². The van der Waals surface area contributed by atoms with Crippen LogP contribution in [0.4, 0.5) is 11.4 Å². The van der Waals surface area contributed by atoms with E-state index in [4.69, 9.17) is 4.74 Å². The Hall–Kier alpha value is -2.87. The number of ether oxygens (including phenoxy) is 1. The van der Waals surface area contributed by atoms with Crippen molar-refractivity contribution in [2.75, 3.05) is 22.8 Å². The molecule has 7 nitrogen and oxygen atoms in total. The largest absolute Gasteiger partial charge is 0.462 e. The first kappa shape index (κ1) is 20.4. The average Bonchev–Trinajstić information content (AvgIpc) is 2.62. The second-order valence-electron chi connectivity index (χ2n) is 5.65. The third-order valence-corrected chi connectivity index (χ3v) is 5.61. The van der Waals surface area contributed by atoms with Gasteiger partial charge in [-0.3, -0.25) is 9.10 Å². The number of hydrogen-bond acceptors (Lipinski definition) is 5. The molecular weight excluding hydrogens is 368 g/mol. The monoisotopic (exact) mass is 390 g/mol. The first-order valence-electron chi connectivity index (χ1n) is 8.47. The van der Waals surface area contributed by atoms with E-state index < -0.39 is 16.0 Å². The van der Waals surface area contributed by atoms with Crippen LogP contribution in [0.3, 0.4) is 0 Å². The van der Waals surface area contributed by atoms with Crippen LogP contribution in [-0.4, -0.2) is 33.4 Å². The van der Waals surface area contributed by atoms with Crippen LogP contribution in [0.5, 0.6) is 0 Å². The summed E-state index contributed by atoms with van der Waals surface area (Å²) < 4.78 is 32.2. The Bertz CT molecular complexity index is 923. The van der Waals surface area contributed by atoms with E-state index in [2.05, 4.69) is 5.32 Å². The minimum Gasteiger partial charge on any atom is -0.462 e. The van der Waals surface area contributed by atoms with Gasteiger partial charge in [0.25, 0.3) is 10.0 Å². The molecule has 0 aliphatic carbocycles. The highest BCUT2D eigenvalue weighted by molar-refractivity contribution is 7.92. The molecule has 0 saturated carbocycles. The number of carbonyl (C=O) groups excluding carboxylic acids is 2. The second kappa shape index (κ2) is 8.68. The molecule has 2 aromatic carbocycles. The summed E-state index contributed by atoms with van der Waals surface area (Å²) in [7, 11) is -3.84. The Balaban J connectivity index is 2.36. The van der Waals surface area contributed by atoms with Gasteiger partial charge in [-0.05, 0) is 56.3 Å². The number of rotatable bonds is 7. The molecule has 2 aromatic rings. The van der Waals surface area contributed by atoms with Crippen molar-refractivity contribution in [3.63, 3.8) is 0 Å². The molecule has 0 fully saturated rings. The predicted molar refractivity (Wildman–Crippen MR) is 103 cm³/mol. The average molecular weight is 390 g/mol. The fourth-order valence-corrected chi connectivity index (χ4v) is 4.00. The zero-order valence-corrected chi connectivity index (χ0v) is 16.2. The zero-order valence-electron chi connectivity index (χ0n) is 15.4. The zero-order chi connectivity index (χ0) is 20.0. The molecule has 1 amide bonds. The topological polar surface area (TPSA) is 92.8 Å². The number of nitrogens with one attached hydrogen (secondary N) is 1. The Morgan fingerprint density at radius 1 is 1.07 bits per heavy atom. The third-order valence-electron chi connectivity index (χ3n) is 3.70. The van der Waals surface area contributed by atoms with E-state index in [0.717, 1.165) is 0 Å². The molecule has 27 heavy (non-hydrogen) atoms. The van der Waals surface area contributed by atoms with Crippen LogP contribution in [0, 0.1) is 0 Å². The lowest BCUT2D eigenvalue weighted by Crippen LogP contribution is -2.31. The molecular formula is C19H22N2O5S. The molecule has 144 valence electrons. The van der Waals surface area contributed by atoms with Gasteiger partial charge in [0.15, 0.2) is 0 Å². The van der Waals surface area contributed by atoms with Gasteiger partial charge in [-0.1, -0.05) is 6.07 Å². The van der Waals surface area contributed by atoms with Gasteiger partial charge in [0.1, 0.15) is 0 Å². The van der Waals surface area contributed by atoms with Crippen LogP contribution >= 0.6 is 0 Å². The summed E-state index contributed by atoms with van der Waals surface area (Å²) >= 11 is 0. The number of nitrogens with zero attached hydrogens (tertiary/aromatic N) is 1. The summed E-state index contributed by atoms with van der Waals surface area (Å²) in [4.78, 5) is 23.1. The van der Waals surface area contributed by atoms with Crippen LogP contribution in [0.15, 0.2) is 53.4 Å². The molecule has 0 heterocycles. The number of esters is 1. The van der Waals surface area contributed by atoms with Crippen molar-refractivity contribution in [1.29, 1.82) is 0 Å². The van der Waals surface area contributed by atoms with Gasteiger partial charge in [-0.2, -0.15) is 0 Å². The fourth-order valence-electron chi connectivity index (χ4n) is 2.53. The predicted octanol–water partition coefficient (Wildman–Crippen LogP) is 3.04. The van der Waals surface area contributed by atoms with E-state index in [0.29, 0.717) is 11.4 Å². The van der Waals surface area contributed by atoms with Crippen molar-refractivity contribution < 1.29 is 22.7 Å². The summed E-state index contributed by atoms with van der Waals surface area (Å²) in [5.74, 6) is -0.746. The molecule has 0 aliphatic rings. The molecule has 0 aromatic heterocycles. The molecule has 0 saturated heterocycles. The lowest BCUT2D eigenvalue weighted by molar-refractivity contribution is -0.114. The molecule has 0 aliphatic heterocycles. The maximum Gasteiger partial charge on any atom is 0.338 e. The number of sulfonamides is 1. The molecule has 2 rings (SSSR count). The van der Waals surface area contributed by atoms with E-state index in [1.807, 2.05) is 0 Å². The first-order valence-corrected chi connectivity index (χ1v) is 9.91. The maximum atomic E-state index is 13.0. The minimum atomic E-state index is -3.84. The highest BCUT2D eigenvalue weighted by atomic mass is 32.2. The SMILES string of the molecule is CCOC(=O)c1cccc(N(CC)S(=O)(=O)c2ccc(NC(C)=O)cc2)c1. The fraction of sp³-hybridized carbons (Fsp3) is 0.263. The summed E-state index contributed by atoms with van der Waals surface area (Å²) in [6.45, 7) is 5.21. The van der Waals surface area contributed by atoms with E-state index in [1.54, 1.807) is 32.0 Å². The smallest absolute Gasteiger partial charge is 0.338 e. The van der Waals surface area contributed by atoms with Crippen molar-refractivity contribution in [3.05, 3.63) is 54.1 Å². The van der Waals surface area contributed by atoms with Gasteiger partial charge in [-0.25, -0.2) is 13.2 Å².